The molecule has 0 fully saturated rings. The summed E-state index contributed by atoms with van der Waals surface area (Å²) in [5.74, 6) is -0.230. The van der Waals surface area contributed by atoms with Crippen molar-refractivity contribution < 1.29 is 27.9 Å². The molecule has 11 heteroatoms. The largest absolute Gasteiger partial charge is 0.488 e. The Kier molecular flexibility index (Phi) is 9.85. The molecule has 2 amide bonds. The number of nitrogens with zero attached hydrogens (tertiary/aromatic N) is 3. The van der Waals surface area contributed by atoms with Crippen LogP contribution in [0.25, 0.3) is 10.9 Å². The van der Waals surface area contributed by atoms with Crippen LogP contribution < -0.4 is 10.1 Å². The van der Waals surface area contributed by atoms with Crippen molar-refractivity contribution in [1.82, 2.24) is 13.8 Å². The first kappa shape index (κ1) is 33.2. The SMILES string of the molecule is Cc1ccc(S(=O)(=O)N(C)C[C@H]2Oc3ccc(NC(=O)Cc4cn(C)c5ccccc45)cc3CC(=O)N([C@H](C)CO)C[C@H]2C)cc1. The number of likely N-dealkylation sites (N-methyl/N-ethyl adjacent to an activating group) is 1. The van der Waals surface area contributed by atoms with Crippen molar-refractivity contribution in [3.05, 3.63) is 89.6 Å². The molecule has 1 aliphatic rings. The van der Waals surface area contributed by atoms with Crippen LogP contribution in [0.2, 0.25) is 0 Å². The van der Waals surface area contributed by atoms with Gasteiger partial charge in [-0.3, -0.25) is 9.59 Å². The highest BCUT2D eigenvalue weighted by Crippen LogP contribution is 2.30. The number of ether oxygens (including phenoxy) is 1. The molecule has 0 spiro atoms. The van der Waals surface area contributed by atoms with Gasteiger partial charge in [0.2, 0.25) is 21.8 Å². The van der Waals surface area contributed by atoms with E-state index >= 15 is 0 Å². The molecule has 0 saturated heterocycles. The van der Waals surface area contributed by atoms with Crippen LogP contribution in [0.4, 0.5) is 5.69 Å². The van der Waals surface area contributed by atoms with Gasteiger partial charge < -0.3 is 24.6 Å². The maximum absolute atomic E-state index is 13.6. The maximum Gasteiger partial charge on any atom is 0.242 e. The third-order valence-corrected chi connectivity index (χ3v) is 10.5. The first-order valence-corrected chi connectivity index (χ1v) is 16.9. The minimum Gasteiger partial charge on any atom is -0.488 e. The third-order valence-electron chi connectivity index (χ3n) is 8.70. The zero-order chi connectivity index (χ0) is 33.2. The zero-order valence-electron chi connectivity index (χ0n) is 26.9. The molecule has 3 aromatic carbocycles. The molecule has 46 heavy (non-hydrogen) atoms. The monoisotopic (exact) mass is 646 g/mol. The van der Waals surface area contributed by atoms with Gasteiger partial charge in [-0.05, 0) is 55.8 Å². The van der Waals surface area contributed by atoms with Crippen molar-refractivity contribution in [3.63, 3.8) is 0 Å². The Labute approximate surface area is 270 Å². The lowest BCUT2D eigenvalue weighted by atomic mass is 10.0. The van der Waals surface area contributed by atoms with Crippen molar-refractivity contribution in [2.24, 2.45) is 13.0 Å². The summed E-state index contributed by atoms with van der Waals surface area (Å²) in [5, 5.41) is 13.9. The highest BCUT2D eigenvalue weighted by atomic mass is 32.2. The predicted octanol–water partition coefficient (Wildman–Crippen LogP) is 4.14. The van der Waals surface area contributed by atoms with Crippen molar-refractivity contribution in [1.29, 1.82) is 0 Å². The highest BCUT2D eigenvalue weighted by molar-refractivity contribution is 7.89. The van der Waals surface area contributed by atoms with Gasteiger partial charge in [-0.25, -0.2) is 8.42 Å². The summed E-state index contributed by atoms with van der Waals surface area (Å²) in [5.41, 5.74) is 3.99. The minimum atomic E-state index is -3.81. The van der Waals surface area contributed by atoms with Crippen LogP contribution >= 0.6 is 0 Å². The maximum atomic E-state index is 13.6. The molecule has 0 bridgehead atoms. The van der Waals surface area contributed by atoms with E-state index < -0.39 is 22.2 Å². The quantitative estimate of drug-likeness (QED) is 0.282. The number of anilines is 1. The number of aliphatic hydroxyl groups is 1. The summed E-state index contributed by atoms with van der Waals surface area (Å²) < 4.78 is 36.7. The molecule has 5 rings (SSSR count). The fraction of sp³-hybridized carbons (Fsp3) is 0.371. The standard InChI is InChI=1S/C35H42N4O6S/c1-23-10-13-29(14-11-23)46(43,44)38(5)21-33-24(2)19-39(25(3)22-40)35(42)18-26-16-28(12-15-32(26)45-33)36-34(41)17-27-20-37(4)31-9-7-6-8-30(27)31/h6-16,20,24-25,33,40H,17-19,21-22H2,1-5H3,(H,36,41)/t24-,25-,33-/m1/s1. The summed E-state index contributed by atoms with van der Waals surface area (Å²) in [7, 11) is -0.338. The number of benzene rings is 3. The second-order valence-electron chi connectivity index (χ2n) is 12.3. The number of carbonyl (C=O) groups excluding carboxylic acids is 2. The number of sulfonamides is 1. The average molecular weight is 647 g/mol. The molecule has 10 nitrogen and oxygen atoms in total. The topological polar surface area (TPSA) is 121 Å². The summed E-state index contributed by atoms with van der Waals surface area (Å²) >= 11 is 0. The van der Waals surface area contributed by atoms with Crippen molar-refractivity contribution >= 4 is 38.4 Å². The number of amides is 2. The number of aromatic nitrogens is 1. The molecule has 3 atom stereocenters. The van der Waals surface area contributed by atoms with E-state index in [0.29, 0.717) is 17.0 Å². The van der Waals surface area contributed by atoms with Crippen molar-refractivity contribution in [2.45, 2.75) is 50.7 Å². The van der Waals surface area contributed by atoms with Gasteiger partial charge in [-0.15, -0.1) is 0 Å². The number of para-hydroxylation sites is 1. The Balaban J connectivity index is 1.41. The van der Waals surface area contributed by atoms with Gasteiger partial charge in [0, 0.05) is 54.9 Å². The molecule has 244 valence electrons. The lowest BCUT2D eigenvalue weighted by Gasteiger charge is -2.33. The van der Waals surface area contributed by atoms with Crippen LogP contribution in [-0.4, -0.2) is 78.0 Å². The van der Waals surface area contributed by atoms with Crippen LogP contribution in [-0.2, 0) is 39.5 Å². The zero-order valence-corrected chi connectivity index (χ0v) is 27.8. The van der Waals surface area contributed by atoms with E-state index in [2.05, 4.69) is 5.32 Å². The van der Waals surface area contributed by atoms with Crippen molar-refractivity contribution in [2.75, 3.05) is 32.1 Å². The number of hydrogen-bond donors (Lipinski definition) is 2. The van der Waals surface area contributed by atoms with E-state index in [4.69, 9.17) is 4.74 Å². The van der Waals surface area contributed by atoms with Gasteiger partial charge in [0.25, 0.3) is 0 Å². The van der Waals surface area contributed by atoms with Crippen LogP contribution in [0, 0.1) is 12.8 Å². The third kappa shape index (κ3) is 7.11. The van der Waals surface area contributed by atoms with Crippen LogP contribution in [0.5, 0.6) is 5.75 Å². The Bertz CT molecular complexity index is 1840. The number of rotatable bonds is 9. The number of fused-ring (bicyclic) bond motifs is 2. The molecular weight excluding hydrogens is 604 g/mol. The van der Waals surface area contributed by atoms with Crippen LogP contribution in [0.1, 0.15) is 30.5 Å². The molecule has 2 heterocycles. The lowest BCUT2D eigenvalue weighted by Crippen LogP contribution is -2.48. The lowest BCUT2D eigenvalue weighted by molar-refractivity contribution is -0.134. The molecule has 1 aromatic heterocycles. The van der Waals surface area contributed by atoms with Gasteiger partial charge in [-0.1, -0.05) is 42.8 Å². The van der Waals surface area contributed by atoms with Crippen LogP contribution in [0.15, 0.2) is 77.8 Å². The Hall–Kier alpha value is -4.19. The van der Waals surface area contributed by atoms with E-state index in [1.54, 1.807) is 54.3 Å². The normalized spacial score (nSPS) is 18.0. The Morgan fingerprint density at radius 3 is 2.57 bits per heavy atom. The first-order valence-electron chi connectivity index (χ1n) is 15.4. The summed E-state index contributed by atoms with van der Waals surface area (Å²) in [6.45, 7) is 5.67. The summed E-state index contributed by atoms with van der Waals surface area (Å²) in [6.07, 6.45) is 1.51. The molecule has 4 aromatic rings. The van der Waals surface area contributed by atoms with Crippen LogP contribution in [0.3, 0.4) is 0 Å². The van der Waals surface area contributed by atoms with Gasteiger partial charge in [0.05, 0.1) is 36.9 Å². The first-order chi connectivity index (χ1) is 21.9. The van der Waals surface area contributed by atoms with E-state index in [-0.39, 0.29) is 55.2 Å². The van der Waals surface area contributed by atoms with Gasteiger partial charge in [0.15, 0.2) is 0 Å². The minimum absolute atomic E-state index is 0.0103. The summed E-state index contributed by atoms with van der Waals surface area (Å²) in [4.78, 5) is 28.6. The Morgan fingerprint density at radius 2 is 1.85 bits per heavy atom. The Morgan fingerprint density at radius 1 is 1.13 bits per heavy atom. The number of aryl methyl sites for hydroxylation is 2. The fourth-order valence-electron chi connectivity index (χ4n) is 5.91. The highest BCUT2D eigenvalue weighted by Gasteiger charge is 2.33. The van der Waals surface area contributed by atoms with Gasteiger partial charge in [0.1, 0.15) is 11.9 Å². The molecule has 0 saturated carbocycles. The van der Waals surface area contributed by atoms with E-state index in [1.807, 2.05) is 55.9 Å². The molecule has 0 radical (unpaired) electrons. The average Bonchev–Trinajstić information content (AvgIpc) is 3.35. The second-order valence-corrected chi connectivity index (χ2v) is 14.4. The van der Waals surface area contributed by atoms with E-state index in [0.717, 1.165) is 22.0 Å². The molecule has 1 aliphatic heterocycles. The van der Waals surface area contributed by atoms with E-state index in [1.165, 1.54) is 11.4 Å². The molecular formula is C35H42N4O6S. The molecule has 2 N–H and O–H groups in total. The molecule has 0 unspecified atom stereocenters. The smallest absolute Gasteiger partial charge is 0.242 e. The molecule has 0 aliphatic carbocycles. The van der Waals surface area contributed by atoms with Crippen molar-refractivity contribution in [3.8, 4) is 5.75 Å². The number of nitrogens with one attached hydrogen (secondary N) is 1. The van der Waals surface area contributed by atoms with E-state index in [9.17, 15) is 23.1 Å². The predicted molar refractivity (Wildman–Crippen MR) is 178 cm³/mol. The number of aliphatic hydroxyl groups excluding tert-OH is 1. The second kappa shape index (κ2) is 13.7. The number of hydrogen-bond acceptors (Lipinski definition) is 6. The van der Waals surface area contributed by atoms with Gasteiger partial charge >= 0.3 is 0 Å². The number of carbonyl (C=O) groups is 2. The fourth-order valence-corrected chi connectivity index (χ4v) is 7.09. The van der Waals surface area contributed by atoms with Gasteiger partial charge in [-0.2, -0.15) is 4.31 Å². The summed E-state index contributed by atoms with van der Waals surface area (Å²) in [6, 6.07) is 19.3.